The van der Waals surface area contributed by atoms with Gasteiger partial charge in [-0.05, 0) is 31.4 Å². The van der Waals surface area contributed by atoms with Gasteiger partial charge in [-0.1, -0.05) is 6.42 Å². The lowest BCUT2D eigenvalue weighted by Gasteiger charge is -2.47. The Bertz CT molecular complexity index is 538. The molecule has 2 N–H and O–H groups in total. The van der Waals surface area contributed by atoms with E-state index in [9.17, 15) is 19.0 Å². The van der Waals surface area contributed by atoms with E-state index >= 15 is 0 Å². The summed E-state index contributed by atoms with van der Waals surface area (Å²) in [7, 11) is 0. The maximum atomic E-state index is 13.6. The number of aliphatic hydroxyl groups is 2. The smallest absolute Gasteiger partial charge is 0.165 e. The number of ether oxygens (including phenoxy) is 1. The highest BCUT2D eigenvalue weighted by Crippen LogP contribution is 2.31. The molecule has 3 rings (SSSR count). The third-order valence-electron chi connectivity index (χ3n) is 4.75. The Morgan fingerprint density at radius 1 is 1.27 bits per heavy atom. The minimum Gasteiger partial charge on any atom is -0.487 e. The first kappa shape index (κ1) is 15.6. The van der Waals surface area contributed by atoms with Crippen LogP contribution in [0.15, 0.2) is 18.2 Å². The van der Waals surface area contributed by atoms with Crippen LogP contribution in [0, 0.1) is 11.6 Å². The monoisotopic (exact) mass is 313 g/mol. The van der Waals surface area contributed by atoms with Crippen LogP contribution in [0.2, 0.25) is 0 Å². The largest absolute Gasteiger partial charge is 0.487 e. The van der Waals surface area contributed by atoms with E-state index in [1.807, 2.05) is 0 Å². The fourth-order valence-electron chi connectivity index (χ4n) is 3.09. The lowest BCUT2D eigenvalue weighted by molar-refractivity contribution is -0.149. The second-order valence-electron chi connectivity index (χ2n) is 6.33. The van der Waals surface area contributed by atoms with Crippen molar-refractivity contribution >= 4 is 0 Å². The molecule has 1 heterocycles. The molecule has 6 heteroatoms. The topological polar surface area (TPSA) is 52.9 Å². The summed E-state index contributed by atoms with van der Waals surface area (Å²) in [5.41, 5.74) is -1.47. The van der Waals surface area contributed by atoms with Gasteiger partial charge in [-0.15, -0.1) is 0 Å². The summed E-state index contributed by atoms with van der Waals surface area (Å²) >= 11 is 0. The van der Waals surface area contributed by atoms with Crippen LogP contribution in [0.3, 0.4) is 0 Å². The van der Waals surface area contributed by atoms with Crippen molar-refractivity contribution in [2.24, 2.45) is 0 Å². The Balaban J connectivity index is 1.66. The molecule has 1 aliphatic carbocycles. The Labute approximate surface area is 128 Å². The number of piperidine rings is 1. The molecule has 0 aromatic heterocycles. The van der Waals surface area contributed by atoms with E-state index in [0.717, 1.165) is 37.6 Å². The van der Waals surface area contributed by atoms with Gasteiger partial charge in [0, 0.05) is 25.2 Å². The number of likely N-dealkylation sites (tertiary alicyclic amines) is 1. The molecular formula is C16H21F2NO3. The van der Waals surface area contributed by atoms with Crippen molar-refractivity contribution in [2.75, 3.05) is 19.7 Å². The molecule has 1 aromatic rings. The second kappa shape index (κ2) is 6.10. The number of hydrogen-bond donors (Lipinski definition) is 2. The molecule has 1 aromatic carbocycles. The van der Waals surface area contributed by atoms with Crippen molar-refractivity contribution in [3.63, 3.8) is 0 Å². The summed E-state index contributed by atoms with van der Waals surface area (Å²) in [4.78, 5) is 2.15. The Hall–Kier alpha value is -1.24. The molecule has 1 aliphatic heterocycles. The van der Waals surface area contributed by atoms with Gasteiger partial charge in [-0.3, -0.25) is 4.90 Å². The van der Waals surface area contributed by atoms with Crippen LogP contribution in [0.5, 0.6) is 5.75 Å². The summed E-state index contributed by atoms with van der Waals surface area (Å²) < 4.78 is 32.0. The quantitative estimate of drug-likeness (QED) is 0.888. The second-order valence-corrected chi connectivity index (χ2v) is 6.33. The van der Waals surface area contributed by atoms with Crippen LogP contribution in [0.1, 0.15) is 25.7 Å². The molecule has 1 saturated heterocycles. The zero-order valence-electron chi connectivity index (χ0n) is 12.3. The summed E-state index contributed by atoms with van der Waals surface area (Å²) in [6.07, 6.45) is 2.91. The van der Waals surface area contributed by atoms with E-state index < -0.39 is 23.3 Å². The molecule has 0 spiro atoms. The first-order valence-electron chi connectivity index (χ1n) is 7.70. The van der Waals surface area contributed by atoms with Crippen molar-refractivity contribution in [3.05, 3.63) is 29.8 Å². The minimum absolute atomic E-state index is 0.249. The number of hydrogen-bond acceptors (Lipinski definition) is 4. The highest BCUT2D eigenvalue weighted by molar-refractivity contribution is 5.25. The summed E-state index contributed by atoms with van der Waals surface area (Å²) in [6.45, 7) is 0.760. The van der Waals surface area contributed by atoms with E-state index in [1.54, 1.807) is 0 Å². The average molecular weight is 313 g/mol. The molecular weight excluding hydrogens is 292 g/mol. The van der Waals surface area contributed by atoms with E-state index in [1.165, 1.54) is 6.42 Å². The van der Waals surface area contributed by atoms with Crippen molar-refractivity contribution in [1.29, 1.82) is 0 Å². The molecule has 0 radical (unpaired) electrons. The molecule has 0 amide bonds. The Kier molecular flexibility index (Phi) is 4.34. The van der Waals surface area contributed by atoms with Crippen LogP contribution in [0.25, 0.3) is 0 Å². The third kappa shape index (κ3) is 3.09. The van der Waals surface area contributed by atoms with Crippen molar-refractivity contribution < 1.29 is 23.7 Å². The van der Waals surface area contributed by atoms with Gasteiger partial charge < -0.3 is 14.9 Å². The standard InChI is InChI=1S/C16H21F2NO3/c17-11-4-5-13(18)14(8-11)22-10-16(21)9-19(7-6-15(16)20)12-2-1-3-12/h4-5,8,12,15,20-21H,1-3,6-7,9-10H2/t15-,16-/m0/s1. The zero-order valence-corrected chi connectivity index (χ0v) is 12.3. The summed E-state index contributed by atoms with van der Waals surface area (Å²) in [6, 6.07) is 3.37. The van der Waals surface area contributed by atoms with Gasteiger partial charge in [-0.2, -0.15) is 0 Å². The van der Waals surface area contributed by atoms with Crippen molar-refractivity contribution in [3.8, 4) is 5.75 Å². The SMILES string of the molecule is O[C@H]1CCN(C2CCC2)C[C@]1(O)COc1cc(F)ccc1F. The van der Waals surface area contributed by atoms with Gasteiger partial charge in [0.1, 0.15) is 18.0 Å². The zero-order chi connectivity index (χ0) is 15.7. The van der Waals surface area contributed by atoms with Crippen LogP contribution in [-0.2, 0) is 0 Å². The normalized spacial score (nSPS) is 30.1. The predicted molar refractivity (Wildman–Crippen MR) is 76.6 cm³/mol. The predicted octanol–water partition coefficient (Wildman–Crippen LogP) is 1.69. The number of benzene rings is 1. The molecule has 2 fully saturated rings. The van der Waals surface area contributed by atoms with Crippen molar-refractivity contribution in [2.45, 2.75) is 43.4 Å². The highest BCUT2D eigenvalue weighted by Gasteiger charge is 2.44. The van der Waals surface area contributed by atoms with Crippen LogP contribution >= 0.6 is 0 Å². The van der Waals surface area contributed by atoms with E-state index in [0.29, 0.717) is 12.5 Å². The molecule has 2 atom stereocenters. The van der Waals surface area contributed by atoms with Crippen LogP contribution < -0.4 is 4.74 Å². The molecule has 4 nitrogen and oxygen atoms in total. The first-order valence-corrected chi connectivity index (χ1v) is 7.70. The van der Waals surface area contributed by atoms with Gasteiger partial charge >= 0.3 is 0 Å². The Morgan fingerprint density at radius 3 is 2.73 bits per heavy atom. The lowest BCUT2D eigenvalue weighted by atomic mass is 9.85. The molecule has 122 valence electrons. The fraction of sp³-hybridized carbons (Fsp3) is 0.625. The molecule has 22 heavy (non-hydrogen) atoms. The summed E-state index contributed by atoms with van der Waals surface area (Å²) in [5.74, 6) is -1.55. The number of nitrogens with zero attached hydrogens (tertiary/aromatic N) is 1. The first-order chi connectivity index (χ1) is 10.5. The minimum atomic E-state index is -1.47. The Morgan fingerprint density at radius 2 is 2.05 bits per heavy atom. The van der Waals surface area contributed by atoms with Gasteiger partial charge in [0.2, 0.25) is 0 Å². The van der Waals surface area contributed by atoms with Crippen LogP contribution in [0.4, 0.5) is 8.78 Å². The molecule has 0 bridgehead atoms. The maximum Gasteiger partial charge on any atom is 0.165 e. The number of rotatable bonds is 4. The van der Waals surface area contributed by atoms with E-state index in [4.69, 9.17) is 4.74 Å². The lowest BCUT2D eigenvalue weighted by Crippen LogP contribution is -2.62. The van der Waals surface area contributed by atoms with Gasteiger partial charge in [0.25, 0.3) is 0 Å². The number of β-amino-alcohol motifs (C(OH)–C–C–N with tert-alkyl or cyclic N) is 1. The summed E-state index contributed by atoms with van der Waals surface area (Å²) in [5, 5.41) is 20.8. The number of aliphatic hydroxyl groups excluding tert-OH is 1. The van der Waals surface area contributed by atoms with E-state index in [2.05, 4.69) is 4.90 Å². The van der Waals surface area contributed by atoms with Crippen LogP contribution in [-0.4, -0.2) is 52.6 Å². The average Bonchev–Trinajstić information content (AvgIpc) is 2.42. The van der Waals surface area contributed by atoms with Gasteiger partial charge in [0.15, 0.2) is 11.6 Å². The van der Waals surface area contributed by atoms with Gasteiger partial charge in [-0.25, -0.2) is 8.78 Å². The fourth-order valence-corrected chi connectivity index (χ4v) is 3.09. The van der Waals surface area contributed by atoms with Gasteiger partial charge in [0.05, 0.1) is 6.10 Å². The highest BCUT2D eigenvalue weighted by atomic mass is 19.1. The maximum absolute atomic E-state index is 13.6. The van der Waals surface area contributed by atoms with E-state index in [-0.39, 0.29) is 18.9 Å². The third-order valence-corrected chi connectivity index (χ3v) is 4.75. The molecule has 2 aliphatic rings. The number of halogens is 2. The molecule has 0 unspecified atom stereocenters. The van der Waals surface area contributed by atoms with Crippen molar-refractivity contribution in [1.82, 2.24) is 4.90 Å². The molecule has 1 saturated carbocycles.